The van der Waals surface area contributed by atoms with Gasteiger partial charge in [0.1, 0.15) is 11.4 Å². The maximum Gasteiger partial charge on any atom is 0.283 e. The molecule has 3 heterocycles. The van der Waals surface area contributed by atoms with Gasteiger partial charge in [0.2, 0.25) is 11.0 Å². The van der Waals surface area contributed by atoms with E-state index in [0.29, 0.717) is 34.2 Å². The van der Waals surface area contributed by atoms with E-state index in [0.717, 1.165) is 11.3 Å². The Kier molecular flexibility index (Phi) is 4.40. The second-order valence-corrected chi connectivity index (χ2v) is 6.26. The topological polar surface area (TPSA) is 105 Å². The molecule has 0 unspecified atom stereocenters. The highest BCUT2D eigenvalue weighted by atomic mass is 32.2. The van der Waals surface area contributed by atoms with E-state index in [-0.39, 0.29) is 0 Å². The largest absolute Gasteiger partial charge is 0.494 e. The Bertz CT molecular complexity index is 1010. The van der Waals surface area contributed by atoms with Crippen LogP contribution in [0.4, 0.5) is 0 Å². The molecular weight excluding hydrogens is 356 g/mol. The van der Waals surface area contributed by atoms with Crippen molar-refractivity contribution in [2.75, 3.05) is 7.11 Å². The van der Waals surface area contributed by atoms with Crippen molar-refractivity contribution in [1.29, 1.82) is 0 Å². The molecule has 0 amide bonds. The molecule has 3 aromatic heterocycles. The molecule has 0 radical (unpaired) electrons. The van der Waals surface area contributed by atoms with Crippen LogP contribution >= 0.6 is 11.8 Å². The van der Waals surface area contributed by atoms with Gasteiger partial charge in [-0.25, -0.2) is 0 Å². The van der Waals surface area contributed by atoms with Crippen molar-refractivity contribution in [3.63, 3.8) is 0 Å². The molecule has 0 aliphatic heterocycles. The third-order valence-electron chi connectivity index (χ3n) is 3.53. The number of hydrogen-bond acceptors (Lipinski definition) is 9. The van der Waals surface area contributed by atoms with Crippen molar-refractivity contribution in [1.82, 2.24) is 30.4 Å². The van der Waals surface area contributed by atoms with Crippen molar-refractivity contribution in [3.05, 3.63) is 48.0 Å². The second kappa shape index (κ2) is 7.00. The number of rotatable bonds is 6. The molecule has 0 fully saturated rings. The van der Waals surface area contributed by atoms with Gasteiger partial charge in [-0.1, -0.05) is 17.8 Å². The summed E-state index contributed by atoms with van der Waals surface area (Å²) in [4.78, 5) is 0. The Morgan fingerprint density at radius 3 is 2.92 bits per heavy atom. The van der Waals surface area contributed by atoms with Gasteiger partial charge < -0.3 is 13.6 Å². The van der Waals surface area contributed by atoms with Gasteiger partial charge in [0.15, 0.2) is 5.76 Å². The van der Waals surface area contributed by atoms with Gasteiger partial charge in [-0.3, -0.25) is 0 Å². The number of methoxy groups -OCH3 is 1. The van der Waals surface area contributed by atoms with Gasteiger partial charge in [0.05, 0.1) is 19.1 Å². The molecule has 0 atom stereocenters. The van der Waals surface area contributed by atoms with E-state index in [9.17, 15) is 0 Å². The predicted molar refractivity (Wildman–Crippen MR) is 92.0 cm³/mol. The number of aryl methyl sites for hydroxylation is 1. The molecule has 0 bridgehead atoms. The molecule has 26 heavy (non-hydrogen) atoms. The fraction of sp³-hybridized carbons (Fsp3) is 0.188. The van der Waals surface area contributed by atoms with Crippen molar-refractivity contribution in [2.24, 2.45) is 0 Å². The lowest BCUT2D eigenvalue weighted by molar-refractivity contribution is 0.410. The van der Waals surface area contributed by atoms with Crippen molar-refractivity contribution >= 4 is 11.8 Å². The SMILES string of the molecule is COc1ccc(C)cc1-n1nnnc1SCc1nnc(-c2ccco2)o1. The van der Waals surface area contributed by atoms with Crippen molar-refractivity contribution in [3.8, 4) is 23.1 Å². The Morgan fingerprint density at radius 2 is 2.12 bits per heavy atom. The number of aromatic nitrogens is 6. The average molecular weight is 370 g/mol. The molecule has 0 spiro atoms. The fourth-order valence-corrected chi connectivity index (χ4v) is 3.04. The highest BCUT2D eigenvalue weighted by molar-refractivity contribution is 7.98. The lowest BCUT2D eigenvalue weighted by atomic mass is 10.2. The first-order chi connectivity index (χ1) is 12.7. The van der Waals surface area contributed by atoms with E-state index >= 15 is 0 Å². The summed E-state index contributed by atoms with van der Waals surface area (Å²) in [5.41, 5.74) is 1.84. The van der Waals surface area contributed by atoms with Crippen LogP contribution in [0.1, 0.15) is 11.5 Å². The molecule has 0 saturated carbocycles. The zero-order chi connectivity index (χ0) is 17.9. The standard InChI is InChI=1S/C16H14N6O3S/c1-10-5-6-12(23-2)11(8-10)22-16(19-20-21-22)26-9-14-17-18-15(25-14)13-4-3-7-24-13/h3-8H,9H2,1-2H3. The zero-order valence-electron chi connectivity index (χ0n) is 14.0. The van der Waals surface area contributed by atoms with Gasteiger partial charge in [-0.15, -0.1) is 15.3 Å². The number of hydrogen-bond donors (Lipinski definition) is 0. The minimum atomic E-state index is 0.338. The van der Waals surface area contributed by atoms with E-state index in [4.69, 9.17) is 13.6 Å². The Balaban J connectivity index is 1.54. The van der Waals surface area contributed by atoms with Crippen LogP contribution in [0.15, 0.2) is 50.6 Å². The Labute approximate surface area is 152 Å². The van der Waals surface area contributed by atoms with Crippen LogP contribution in [-0.2, 0) is 5.75 Å². The third kappa shape index (κ3) is 3.18. The minimum absolute atomic E-state index is 0.338. The Hall–Kier alpha value is -3.14. The summed E-state index contributed by atoms with van der Waals surface area (Å²) in [7, 11) is 1.61. The molecule has 10 heteroatoms. The number of furan rings is 1. The van der Waals surface area contributed by atoms with Crippen molar-refractivity contribution < 1.29 is 13.6 Å². The first kappa shape index (κ1) is 16.3. The summed E-state index contributed by atoms with van der Waals surface area (Å²) in [6.45, 7) is 1.99. The van der Waals surface area contributed by atoms with Gasteiger partial charge in [-0.05, 0) is 47.2 Å². The molecule has 9 nitrogen and oxygen atoms in total. The maximum atomic E-state index is 5.60. The number of nitrogens with zero attached hydrogens (tertiary/aromatic N) is 6. The average Bonchev–Trinajstić information content (AvgIpc) is 3.40. The lowest BCUT2D eigenvalue weighted by Gasteiger charge is -2.09. The van der Waals surface area contributed by atoms with Gasteiger partial charge in [0, 0.05) is 0 Å². The second-order valence-electron chi connectivity index (χ2n) is 5.32. The van der Waals surface area contributed by atoms with Gasteiger partial charge in [-0.2, -0.15) is 4.68 Å². The van der Waals surface area contributed by atoms with Crippen LogP contribution < -0.4 is 4.74 Å². The molecular formula is C16H14N6O3S. The van der Waals surface area contributed by atoms with E-state index in [1.807, 2.05) is 25.1 Å². The maximum absolute atomic E-state index is 5.60. The quantitative estimate of drug-likeness (QED) is 0.474. The molecule has 0 N–H and O–H groups in total. The zero-order valence-corrected chi connectivity index (χ0v) is 14.8. The monoisotopic (exact) mass is 370 g/mol. The summed E-state index contributed by atoms with van der Waals surface area (Å²) in [6.07, 6.45) is 1.55. The number of benzene rings is 1. The smallest absolute Gasteiger partial charge is 0.283 e. The summed E-state index contributed by atoms with van der Waals surface area (Å²) >= 11 is 1.38. The minimum Gasteiger partial charge on any atom is -0.494 e. The number of thioether (sulfide) groups is 1. The molecule has 132 valence electrons. The fourth-order valence-electron chi connectivity index (χ4n) is 2.32. The van der Waals surface area contributed by atoms with Gasteiger partial charge >= 0.3 is 0 Å². The normalized spacial score (nSPS) is 11.0. The van der Waals surface area contributed by atoms with E-state index < -0.39 is 0 Å². The first-order valence-electron chi connectivity index (χ1n) is 7.67. The van der Waals surface area contributed by atoms with Crippen molar-refractivity contribution in [2.45, 2.75) is 17.8 Å². The summed E-state index contributed by atoms with van der Waals surface area (Å²) in [6, 6.07) is 9.33. The third-order valence-corrected chi connectivity index (χ3v) is 4.43. The highest BCUT2D eigenvalue weighted by Crippen LogP contribution is 2.28. The van der Waals surface area contributed by atoms with Crippen LogP contribution in [-0.4, -0.2) is 37.5 Å². The van der Waals surface area contributed by atoms with Crippen LogP contribution in [0, 0.1) is 6.92 Å². The summed E-state index contributed by atoms with van der Waals surface area (Å²) < 4.78 is 17.9. The molecule has 0 aliphatic rings. The van der Waals surface area contributed by atoms with Crippen LogP contribution in [0.25, 0.3) is 17.3 Å². The summed E-state index contributed by atoms with van der Waals surface area (Å²) in [5.74, 6) is 2.42. The van der Waals surface area contributed by atoms with E-state index in [1.54, 1.807) is 30.2 Å². The Morgan fingerprint density at radius 1 is 1.19 bits per heavy atom. The molecule has 4 rings (SSSR count). The van der Waals surface area contributed by atoms with E-state index in [2.05, 4.69) is 25.7 Å². The van der Waals surface area contributed by atoms with Crippen LogP contribution in [0.3, 0.4) is 0 Å². The number of ether oxygens (including phenoxy) is 1. The highest BCUT2D eigenvalue weighted by Gasteiger charge is 2.16. The van der Waals surface area contributed by atoms with Crippen LogP contribution in [0.5, 0.6) is 5.75 Å². The molecule has 0 saturated heterocycles. The molecule has 0 aliphatic carbocycles. The number of tetrazole rings is 1. The lowest BCUT2D eigenvalue weighted by Crippen LogP contribution is -2.02. The first-order valence-corrected chi connectivity index (χ1v) is 8.65. The van der Waals surface area contributed by atoms with Gasteiger partial charge in [0.25, 0.3) is 5.89 Å². The van der Waals surface area contributed by atoms with E-state index in [1.165, 1.54) is 11.8 Å². The van der Waals surface area contributed by atoms with Crippen LogP contribution in [0.2, 0.25) is 0 Å². The molecule has 1 aromatic carbocycles. The summed E-state index contributed by atoms with van der Waals surface area (Å²) in [5, 5.41) is 20.5. The molecule has 4 aromatic rings. The predicted octanol–water partition coefficient (Wildman–Crippen LogP) is 2.91.